The fraction of sp³-hybridized carbons (Fsp3) is 0.160. The highest BCUT2D eigenvalue weighted by atomic mass is 79.9. The molecule has 0 radical (unpaired) electrons. The van der Waals surface area contributed by atoms with E-state index in [1.165, 1.54) is 6.07 Å². The maximum Gasteiger partial charge on any atom is 0.293 e. The van der Waals surface area contributed by atoms with Gasteiger partial charge in [0.15, 0.2) is 10.7 Å². The Labute approximate surface area is 224 Å². The third-order valence-electron chi connectivity index (χ3n) is 5.76. The first-order chi connectivity index (χ1) is 17.9. The van der Waals surface area contributed by atoms with E-state index in [1.54, 1.807) is 30.3 Å². The van der Waals surface area contributed by atoms with Crippen LogP contribution < -0.4 is 15.5 Å². The first-order valence-corrected chi connectivity index (χ1v) is 12.5. The summed E-state index contributed by atoms with van der Waals surface area (Å²) in [6.45, 7) is 2.07. The van der Waals surface area contributed by atoms with Crippen LogP contribution in [0.15, 0.2) is 69.6 Å². The number of morpholine rings is 1. The number of oxazole rings is 1. The summed E-state index contributed by atoms with van der Waals surface area (Å²) in [5.74, 6) is -0.0921. The van der Waals surface area contributed by atoms with Crippen molar-refractivity contribution < 1.29 is 18.9 Å². The number of nitrogens with zero attached hydrogens (tertiary/aromatic N) is 3. The highest BCUT2D eigenvalue weighted by Crippen LogP contribution is 2.32. The number of fused-ring (bicyclic) bond motifs is 1. The number of benzene rings is 3. The zero-order valence-electron chi connectivity index (χ0n) is 19.3. The molecular formula is C25H20BrN5O5S. The van der Waals surface area contributed by atoms with Gasteiger partial charge in [-0.3, -0.25) is 20.2 Å². The predicted octanol–water partition coefficient (Wildman–Crippen LogP) is 5.13. The number of anilines is 2. The standard InChI is InChI=1S/C25H20BrN5O5S/c26-18-4-2-1-3-17(18)24-28-19-14-16(6-8-22(19)36-24)27-25(37)29-23(32)15-5-7-20(21(13-15)31(33)34)30-9-11-35-12-10-30/h1-8,13-14H,9-12H2,(H2,27,29,32,37). The molecule has 0 bridgehead atoms. The first kappa shape index (κ1) is 24.8. The molecule has 2 N–H and O–H groups in total. The Balaban J connectivity index is 1.29. The van der Waals surface area contributed by atoms with Crippen molar-refractivity contribution in [3.63, 3.8) is 0 Å². The van der Waals surface area contributed by atoms with Gasteiger partial charge in [-0.15, -0.1) is 0 Å². The number of carbonyl (C=O) groups excluding carboxylic acids is 1. The molecule has 0 aliphatic carbocycles. The van der Waals surface area contributed by atoms with Gasteiger partial charge in [0.1, 0.15) is 11.2 Å². The van der Waals surface area contributed by atoms with E-state index in [0.29, 0.717) is 54.7 Å². The van der Waals surface area contributed by atoms with Crippen LogP contribution in [-0.2, 0) is 4.74 Å². The number of nitrogens with one attached hydrogen (secondary N) is 2. The molecule has 1 fully saturated rings. The average Bonchev–Trinajstić information content (AvgIpc) is 3.32. The number of rotatable bonds is 5. The molecule has 0 unspecified atom stereocenters. The Morgan fingerprint density at radius 3 is 2.65 bits per heavy atom. The van der Waals surface area contributed by atoms with Crippen molar-refractivity contribution in [2.45, 2.75) is 0 Å². The summed E-state index contributed by atoms with van der Waals surface area (Å²) in [5, 5.41) is 17.2. The van der Waals surface area contributed by atoms with Crippen LogP contribution in [0, 0.1) is 10.1 Å². The summed E-state index contributed by atoms with van der Waals surface area (Å²) in [4.78, 5) is 30.4. The minimum atomic E-state index is -0.562. The molecule has 37 heavy (non-hydrogen) atoms. The van der Waals surface area contributed by atoms with E-state index in [0.717, 1.165) is 10.0 Å². The summed E-state index contributed by atoms with van der Waals surface area (Å²) < 4.78 is 12.0. The molecule has 1 aromatic heterocycles. The molecular weight excluding hydrogens is 562 g/mol. The topological polar surface area (TPSA) is 123 Å². The van der Waals surface area contributed by atoms with Crippen LogP contribution >= 0.6 is 28.1 Å². The van der Waals surface area contributed by atoms with E-state index in [4.69, 9.17) is 21.4 Å². The van der Waals surface area contributed by atoms with Crippen LogP contribution in [0.4, 0.5) is 17.1 Å². The molecule has 4 aromatic rings. The van der Waals surface area contributed by atoms with Crippen molar-refractivity contribution in [3.8, 4) is 11.5 Å². The van der Waals surface area contributed by atoms with Gasteiger partial charge in [0, 0.05) is 34.9 Å². The molecule has 1 aliphatic heterocycles. The number of carbonyl (C=O) groups is 1. The molecule has 1 aliphatic rings. The molecule has 3 aromatic carbocycles. The van der Waals surface area contributed by atoms with E-state index < -0.39 is 10.8 Å². The Bertz CT molecular complexity index is 1520. The van der Waals surface area contributed by atoms with Crippen LogP contribution in [0.5, 0.6) is 0 Å². The quantitative estimate of drug-likeness (QED) is 0.187. The second kappa shape index (κ2) is 10.6. The summed E-state index contributed by atoms with van der Waals surface area (Å²) >= 11 is 8.80. The number of thiocarbonyl (C=S) groups is 1. The number of aromatic nitrogens is 1. The fourth-order valence-electron chi connectivity index (χ4n) is 3.98. The molecule has 1 saturated heterocycles. The number of nitro benzene ring substituents is 1. The molecule has 12 heteroatoms. The molecule has 1 amide bonds. The molecule has 0 atom stereocenters. The van der Waals surface area contributed by atoms with E-state index in [-0.39, 0.29) is 16.4 Å². The van der Waals surface area contributed by atoms with Crippen molar-refractivity contribution in [3.05, 3.63) is 80.8 Å². The fourth-order valence-corrected chi connectivity index (χ4v) is 4.64. The van der Waals surface area contributed by atoms with Gasteiger partial charge in [0.2, 0.25) is 5.89 Å². The second-order valence-corrected chi connectivity index (χ2v) is 9.41. The van der Waals surface area contributed by atoms with Crippen molar-refractivity contribution >= 4 is 67.3 Å². The van der Waals surface area contributed by atoms with Crippen LogP contribution in [0.3, 0.4) is 0 Å². The predicted molar refractivity (Wildman–Crippen MR) is 147 cm³/mol. The normalized spacial score (nSPS) is 13.4. The number of hydrogen-bond acceptors (Lipinski definition) is 8. The minimum Gasteiger partial charge on any atom is -0.436 e. The number of nitro groups is 1. The zero-order valence-corrected chi connectivity index (χ0v) is 21.7. The molecule has 10 nitrogen and oxygen atoms in total. The zero-order chi connectivity index (χ0) is 25.9. The van der Waals surface area contributed by atoms with Crippen molar-refractivity contribution in [2.75, 3.05) is 36.5 Å². The summed E-state index contributed by atoms with van der Waals surface area (Å²) in [5.41, 5.74) is 3.05. The summed E-state index contributed by atoms with van der Waals surface area (Å²) in [6, 6.07) is 17.2. The Hall–Kier alpha value is -3.87. The van der Waals surface area contributed by atoms with Crippen molar-refractivity contribution in [1.29, 1.82) is 0 Å². The molecule has 2 heterocycles. The lowest BCUT2D eigenvalue weighted by molar-refractivity contribution is -0.384. The lowest BCUT2D eigenvalue weighted by atomic mass is 10.1. The van der Waals surface area contributed by atoms with E-state index in [9.17, 15) is 14.9 Å². The van der Waals surface area contributed by atoms with Gasteiger partial charge < -0.3 is 19.4 Å². The monoisotopic (exact) mass is 581 g/mol. The third-order valence-corrected chi connectivity index (χ3v) is 6.66. The first-order valence-electron chi connectivity index (χ1n) is 11.3. The van der Waals surface area contributed by atoms with Crippen molar-refractivity contribution in [1.82, 2.24) is 10.3 Å². The van der Waals surface area contributed by atoms with Gasteiger partial charge >= 0.3 is 0 Å². The number of halogens is 1. The Morgan fingerprint density at radius 2 is 1.89 bits per heavy atom. The Morgan fingerprint density at radius 1 is 1.11 bits per heavy atom. The second-order valence-electron chi connectivity index (χ2n) is 8.15. The maximum atomic E-state index is 12.8. The smallest absolute Gasteiger partial charge is 0.293 e. The number of hydrogen-bond donors (Lipinski definition) is 2. The van der Waals surface area contributed by atoms with E-state index in [2.05, 4.69) is 31.5 Å². The maximum absolute atomic E-state index is 12.8. The SMILES string of the molecule is O=C(NC(=S)Nc1ccc2oc(-c3ccccc3Br)nc2c1)c1ccc(N2CCOCC2)c([N+](=O)[O-])c1. The third kappa shape index (κ3) is 5.45. The van der Waals surface area contributed by atoms with Crippen molar-refractivity contribution in [2.24, 2.45) is 0 Å². The minimum absolute atomic E-state index is 0.0405. The van der Waals surface area contributed by atoms with Crippen LogP contribution in [-0.4, -0.2) is 47.2 Å². The average molecular weight is 582 g/mol. The lowest BCUT2D eigenvalue weighted by Crippen LogP contribution is -2.37. The molecule has 5 rings (SSSR count). The highest BCUT2D eigenvalue weighted by molar-refractivity contribution is 9.10. The largest absolute Gasteiger partial charge is 0.436 e. The highest BCUT2D eigenvalue weighted by Gasteiger charge is 2.23. The summed E-state index contributed by atoms with van der Waals surface area (Å²) in [7, 11) is 0. The van der Waals surface area contributed by atoms with Gasteiger partial charge in [-0.2, -0.15) is 0 Å². The number of ether oxygens (including phenoxy) is 1. The van der Waals surface area contributed by atoms with Gasteiger partial charge in [-0.05, 0) is 70.6 Å². The Kier molecular flexibility index (Phi) is 7.12. The molecule has 0 saturated carbocycles. The van der Waals surface area contributed by atoms with Gasteiger partial charge in [-0.25, -0.2) is 4.98 Å². The summed E-state index contributed by atoms with van der Waals surface area (Å²) in [6.07, 6.45) is 0. The van der Waals surface area contributed by atoms with E-state index >= 15 is 0 Å². The van der Waals surface area contributed by atoms with Gasteiger partial charge in [-0.1, -0.05) is 12.1 Å². The van der Waals surface area contributed by atoms with Crippen LogP contribution in [0.2, 0.25) is 0 Å². The number of amides is 1. The van der Waals surface area contributed by atoms with Gasteiger partial charge in [0.25, 0.3) is 11.6 Å². The van der Waals surface area contributed by atoms with Crippen LogP contribution in [0.25, 0.3) is 22.6 Å². The lowest BCUT2D eigenvalue weighted by Gasteiger charge is -2.28. The molecule has 0 spiro atoms. The van der Waals surface area contributed by atoms with Crippen LogP contribution in [0.1, 0.15) is 10.4 Å². The van der Waals surface area contributed by atoms with E-state index in [1.807, 2.05) is 29.2 Å². The molecule has 188 valence electrons. The van der Waals surface area contributed by atoms with Gasteiger partial charge in [0.05, 0.1) is 23.7 Å².